The Labute approximate surface area is 182 Å². The van der Waals surface area contributed by atoms with E-state index in [-0.39, 0.29) is 23.0 Å². The summed E-state index contributed by atoms with van der Waals surface area (Å²) in [5.41, 5.74) is 0.854. The van der Waals surface area contributed by atoms with Crippen molar-refractivity contribution < 1.29 is 17.9 Å². The van der Waals surface area contributed by atoms with Crippen LogP contribution in [-0.4, -0.2) is 28.0 Å². The summed E-state index contributed by atoms with van der Waals surface area (Å²) in [6.45, 7) is 2.04. The van der Waals surface area contributed by atoms with Crippen molar-refractivity contribution in [2.45, 2.75) is 11.8 Å². The zero-order chi connectivity index (χ0) is 21.0. The van der Waals surface area contributed by atoms with Crippen molar-refractivity contribution in [1.29, 1.82) is 0 Å². The van der Waals surface area contributed by atoms with Crippen LogP contribution in [0.15, 0.2) is 69.3 Å². The van der Waals surface area contributed by atoms with Crippen molar-refractivity contribution in [3.05, 3.63) is 69.3 Å². The van der Waals surface area contributed by atoms with E-state index in [0.717, 1.165) is 3.79 Å². The van der Waals surface area contributed by atoms with Crippen LogP contribution in [-0.2, 0) is 10.0 Å². The maximum Gasteiger partial charge on any atom is 0.265 e. The zero-order valence-corrected chi connectivity index (χ0v) is 19.0. The summed E-state index contributed by atoms with van der Waals surface area (Å²) < 4.78 is 33.9. The van der Waals surface area contributed by atoms with Crippen LogP contribution in [0.3, 0.4) is 0 Å². The first-order valence-electron chi connectivity index (χ1n) is 8.69. The molecule has 0 saturated carbocycles. The van der Waals surface area contributed by atoms with Crippen LogP contribution < -0.4 is 14.4 Å². The lowest BCUT2D eigenvalue weighted by Crippen LogP contribution is -2.30. The molecule has 152 valence electrons. The molecular weight excluding hydrogens is 476 g/mol. The van der Waals surface area contributed by atoms with E-state index in [2.05, 4.69) is 21.2 Å². The lowest BCUT2D eigenvalue weighted by molar-refractivity contribution is 0.103. The van der Waals surface area contributed by atoms with E-state index in [4.69, 9.17) is 4.74 Å². The number of para-hydroxylation sites is 1. The van der Waals surface area contributed by atoms with Gasteiger partial charge in [0.25, 0.3) is 15.9 Å². The molecule has 0 aliphatic carbocycles. The standard InChI is InChI=1S/C20H19BrN2O4S2/c1-3-23(14-7-5-4-6-8-14)29(25,26)15-9-10-17(27-2)16(13-15)22-20(24)18-11-12-19(21)28-18/h4-13H,3H2,1-2H3,(H,22,24). The summed E-state index contributed by atoms with van der Waals surface area (Å²) in [5, 5.41) is 2.74. The van der Waals surface area contributed by atoms with Gasteiger partial charge in [0.1, 0.15) is 5.75 Å². The Balaban J connectivity index is 1.98. The molecule has 0 fully saturated rings. The first kappa shape index (κ1) is 21.4. The molecule has 1 amide bonds. The molecule has 9 heteroatoms. The largest absolute Gasteiger partial charge is 0.495 e. The third-order valence-corrected chi connectivity index (χ3v) is 7.66. The van der Waals surface area contributed by atoms with Gasteiger partial charge in [-0.15, -0.1) is 11.3 Å². The molecule has 6 nitrogen and oxygen atoms in total. The summed E-state index contributed by atoms with van der Waals surface area (Å²) in [6, 6.07) is 16.8. The van der Waals surface area contributed by atoms with Crippen molar-refractivity contribution in [2.75, 3.05) is 23.3 Å². The monoisotopic (exact) mass is 494 g/mol. The second kappa shape index (κ2) is 8.98. The van der Waals surface area contributed by atoms with Gasteiger partial charge in [0.15, 0.2) is 0 Å². The number of nitrogens with one attached hydrogen (secondary N) is 1. The Morgan fingerprint density at radius 2 is 1.86 bits per heavy atom. The van der Waals surface area contributed by atoms with Gasteiger partial charge in [0.05, 0.1) is 32.0 Å². The lowest BCUT2D eigenvalue weighted by atomic mass is 10.3. The summed E-state index contributed by atoms with van der Waals surface area (Å²) >= 11 is 4.61. The number of carbonyl (C=O) groups is 1. The zero-order valence-electron chi connectivity index (χ0n) is 15.8. The highest BCUT2D eigenvalue weighted by atomic mass is 79.9. The number of methoxy groups -OCH3 is 1. The van der Waals surface area contributed by atoms with Gasteiger partial charge >= 0.3 is 0 Å². The van der Waals surface area contributed by atoms with Crippen molar-refractivity contribution in [2.24, 2.45) is 0 Å². The molecule has 3 aromatic rings. The predicted octanol–water partition coefficient (Wildman–Crippen LogP) is 4.99. The average molecular weight is 495 g/mol. The molecule has 0 bridgehead atoms. The topological polar surface area (TPSA) is 75.7 Å². The van der Waals surface area contributed by atoms with Gasteiger partial charge in [-0.25, -0.2) is 8.42 Å². The van der Waals surface area contributed by atoms with Crippen molar-refractivity contribution in [1.82, 2.24) is 0 Å². The second-order valence-electron chi connectivity index (χ2n) is 5.93. The molecule has 0 unspecified atom stereocenters. The van der Waals surface area contributed by atoms with E-state index in [1.54, 1.807) is 43.3 Å². The molecule has 2 aromatic carbocycles. The lowest BCUT2D eigenvalue weighted by Gasteiger charge is -2.23. The number of benzene rings is 2. The van der Waals surface area contributed by atoms with Crippen LogP contribution >= 0.6 is 27.3 Å². The van der Waals surface area contributed by atoms with Crippen molar-refractivity contribution in [3.63, 3.8) is 0 Å². The highest BCUT2D eigenvalue weighted by Gasteiger charge is 2.25. The van der Waals surface area contributed by atoms with Crippen LogP contribution in [0.25, 0.3) is 0 Å². The number of anilines is 2. The molecule has 3 rings (SSSR count). The van der Waals surface area contributed by atoms with Crippen molar-refractivity contribution >= 4 is 54.6 Å². The van der Waals surface area contributed by atoms with E-state index in [1.165, 1.54) is 41.0 Å². The SMILES string of the molecule is CCN(c1ccccc1)S(=O)(=O)c1ccc(OC)c(NC(=O)c2ccc(Br)s2)c1. The normalized spacial score (nSPS) is 11.1. The summed E-state index contributed by atoms with van der Waals surface area (Å²) in [6.07, 6.45) is 0. The number of hydrogen-bond acceptors (Lipinski definition) is 5. The maximum absolute atomic E-state index is 13.2. The second-order valence-corrected chi connectivity index (χ2v) is 10.3. The van der Waals surface area contributed by atoms with E-state index >= 15 is 0 Å². The first-order valence-corrected chi connectivity index (χ1v) is 11.7. The van der Waals surface area contributed by atoms with Gasteiger partial charge in [0.2, 0.25) is 0 Å². The molecule has 29 heavy (non-hydrogen) atoms. The van der Waals surface area contributed by atoms with Crippen LogP contribution in [0, 0.1) is 0 Å². The maximum atomic E-state index is 13.2. The molecule has 0 radical (unpaired) electrons. The van der Waals surface area contributed by atoms with Gasteiger partial charge < -0.3 is 10.1 Å². The summed E-state index contributed by atoms with van der Waals surface area (Å²) in [4.78, 5) is 13.1. The molecule has 0 aliphatic heterocycles. The number of hydrogen-bond donors (Lipinski definition) is 1. The van der Waals surface area contributed by atoms with Gasteiger partial charge in [-0.3, -0.25) is 9.10 Å². The predicted molar refractivity (Wildman–Crippen MR) is 120 cm³/mol. The minimum atomic E-state index is -3.83. The van der Waals surface area contributed by atoms with Gasteiger partial charge in [0, 0.05) is 6.54 Å². The first-order chi connectivity index (χ1) is 13.9. The molecule has 0 saturated heterocycles. The van der Waals surface area contributed by atoms with Gasteiger partial charge in [-0.05, 0) is 65.3 Å². The smallest absolute Gasteiger partial charge is 0.265 e. The quantitative estimate of drug-likeness (QED) is 0.502. The number of nitrogens with zero attached hydrogens (tertiary/aromatic N) is 1. The average Bonchev–Trinajstić information content (AvgIpc) is 3.15. The van der Waals surface area contributed by atoms with E-state index in [1.807, 2.05) is 6.07 Å². The fourth-order valence-corrected chi connectivity index (χ4v) is 5.56. The minimum Gasteiger partial charge on any atom is -0.495 e. The van der Waals surface area contributed by atoms with E-state index < -0.39 is 10.0 Å². The van der Waals surface area contributed by atoms with Crippen LogP contribution in [0.4, 0.5) is 11.4 Å². The fourth-order valence-electron chi connectivity index (χ4n) is 2.78. The number of thiophene rings is 1. The third kappa shape index (κ3) is 4.63. The molecule has 1 heterocycles. The highest BCUT2D eigenvalue weighted by Crippen LogP contribution is 2.32. The van der Waals surface area contributed by atoms with Crippen LogP contribution in [0.2, 0.25) is 0 Å². The fraction of sp³-hybridized carbons (Fsp3) is 0.150. The number of sulfonamides is 1. The molecule has 0 atom stereocenters. The number of amides is 1. The van der Waals surface area contributed by atoms with Crippen LogP contribution in [0.1, 0.15) is 16.6 Å². The highest BCUT2D eigenvalue weighted by molar-refractivity contribution is 9.11. The van der Waals surface area contributed by atoms with E-state index in [0.29, 0.717) is 16.3 Å². The number of halogens is 1. The molecule has 1 N–H and O–H groups in total. The molecule has 0 spiro atoms. The Morgan fingerprint density at radius 1 is 1.14 bits per heavy atom. The van der Waals surface area contributed by atoms with Gasteiger partial charge in [-0.1, -0.05) is 18.2 Å². The Morgan fingerprint density at radius 3 is 2.45 bits per heavy atom. The van der Waals surface area contributed by atoms with Crippen LogP contribution in [0.5, 0.6) is 5.75 Å². The Hall–Kier alpha value is -2.36. The number of ether oxygens (including phenoxy) is 1. The molecule has 0 aliphatic rings. The van der Waals surface area contributed by atoms with Crippen molar-refractivity contribution in [3.8, 4) is 5.75 Å². The Bertz CT molecular complexity index is 1110. The molecule has 1 aromatic heterocycles. The van der Waals surface area contributed by atoms with E-state index in [9.17, 15) is 13.2 Å². The number of rotatable bonds is 7. The minimum absolute atomic E-state index is 0.0617. The summed E-state index contributed by atoms with van der Waals surface area (Å²) in [7, 11) is -2.36. The molecular formula is C20H19BrN2O4S2. The third-order valence-electron chi connectivity index (χ3n) is 4.14. The summed E-state index contributed by atoms with van der Waals surface area (Å²) in [5.74, 6) is 0.0274. The Kier molecular flexibility index (Phi) is 6.61. The number of carbonyl (C=O) groups excluding carboxylic acids is 1. The van der Waals surface area contributed by atoms with Gasteiger partial charge in [-0.2, -0.15) is 0 Å².